The molecule has 2 amide bonds. The minimum absolute atomic E-state index is 0.0431. The summed E-state index contributed by atoms with van der Waals surface area (Å²) in [5.41, 5.74) is 0.892. The average Bonchev–Trinajstić information content (AvgIpc) is 2.65. The summed E-state index contributed by atoms with van der Waals surface area (Å²) in [6.45, 7) is 3.33. The van der Waals surface area contributed by atoms with Crippen molar-refractivity contribution in [2.75, 3.05) is 13.2 Å². The van der Waals surface area contributed by atoms with Gasteiger partial charge in [0.15, 0.2) is 6.61 Å². The molecule has 2 aromatic rings. The summed E-state index contributed by atoms with van der Waals surface area (Å²) in [6.07, 6.45) is 2.00. The summed E-state index contributed by atoms with van der Waals surface area (Å²) in [7, 11) is 0. The van der Waals surface area contributed by atoms with Crippen molar-refractivity contribution in [2.45, 2.75) is 39.2 Å². The van der Waals surface area contributed by atoms with Crippen molar-refractivity contribution in [2.24, 2.45) is 0 Å². The molecular formula is C21H26N2O4. The normalized spacial score (nSPS) is 11.6. The third-order valence-corrected chi connectivity index (χ3v) is 4.15. The van der Waals surface area contributed by atoms with E-state index in [0.717, 1.165) is 29.2 Å². The Morgan fingerprint density at radius 3 is 2.56 bits per heavy atom. The molecule has 0 radical (unpaired) electrons. The van der Waals surface area contributed by atoms with Crippen molar-refractivity contribution < 1.29 is 19.1 Å². The van der Waals surface area contributed by atoms with Crippen LogP contribution < -0.4 is 10.6 Å². The van der Waals surface area contributed by atoms with Crippen molar-refractivity contribution in [3.63, 3.8) is 0 Å². The molecule has 0 aliphatic rings. The maximum absolute atomic E-state index is 12.1. The highest BCUT2D eigenvalue weighted by atomic mass is 16.5. The van der Waals surface area contributed by atoms with Crippen LogP contribution in [0.5, 0.6) is 0 Å². The second-order valence-electron chi connectivity index (χ2n) is 6.51. The predicted octanol–water partition coefficient (Wildman–Crippen LogP) is 2.35. The molecule has 6 nitrogen and oxygen atoms in total. The van der Waals surface area contributed by atoms with Gasteiger partial charge in [0.2, 0.25) is 5.91 Å². The summed E-state index contributed by atoms with van der Waals surface area (Å²) in [5, 5.41) is 7.35. The molecule has 0 unspecified atom stereocenters. The lowest BCUT2D eigenvalue weighted by molar-refractivity contribution is -0.148. The molecule has 0 saturated carbocycles. The summed E-state index contributed by atoms with van der Waals surface area (Å²) < 4.78 is 4.89. The molecule has 0 aliphatic carbocycles. The van der Waals surface area contributed by atoms with Crippen molar-refractivity contribution in [1.29, 1.82) is 0 Å². The van der Waals surface area contributed by atoms with Gasteiger partial charge in [-0.3, -0.25) is 14.4 Å². The number of hydrogen-bond donors (Lipinski definition) is 2. The Morgan fingerprint density at radius 2 is 1.78 bits per heavy atom. The number of nitrogens with one attached hydrogen (secondary N) is 2. The van der Waals surface area contributed by atoms with E-state index in [0.29, 0.717) is 0 Å². The standard InChI is InChI=1S/C21H26N2O4/c1-3-7-15(2)23-20(25)14-27-21(26)13-22-19(24)12-17-10-6-9-16-8-4-5-11-18(16)17/h4-6,8-11,15H,3,7,12-14H2,1-2H3,(H,22,24)(H,23,25)/t15-/m0/s1. The molecule has 0 fully saturated rings. The number of rotatable bonds is 9. The van der Waals surface area contributed by atoms with Crippen LogP contribution in [-0.2, 0) is 25.5 Å². The van der Waals surface area contributed by atoms with E-state index in [1.165, 1.54) is 0 Å². The Hall–Kier alpha value is -2.89. The number of ether oxygens (including phenoxy) is 1. The third-order valence-electron chi connectivity index (χ3n) is 4.15. The zero-order chi connectivity index (χ0) is 19.6. The Labute approximate surface area is 159 Å². The minimum atomic E-state index is -0.639. The maximum atomic E-state index is 12.1. The van der Waals surface area contributed by atoms with E-state index < -0.39 is 5.97 Å². The fourth-order valence-corrected chi connectivity index (χ4v) is 2.87. The van der Waals surface area contributed by atoms with Crippen molar-refractivity contribution in [3.8, 4) is 0 Å². The molecule has 27 heavy (non-hydrogen) atoms. The summed E-state index contributed by atoms with van der Waals surface area (Å²) >= 11 is 0. The molecule has 0 bridgehead atoms. The van der Waals surface area contributed by atoms with Gasteiger partial charge in [0, 0.05) is 6.04 Å². The molecule has 2 aromatic carbocycles. The fraction of sp³-hybridized carbons (Fsp3) is 0.381. The van der Waals surface area contributed by atoms with E-state index in [4.69, 9.17) is 4.74 Å². The number of esters is 1. The number of amides is 2. The highest BCUT2D eigenvalue weighted by Gasteiger charge is 2.12. The van der Waals surface area contributed by atoms with Gasteiger partial charge in [0.1, 0.15) is 6.54 Å². The molecule has 0 heterocycles. The van der Waals surface area contributed by atoms with Crippen LogP contribution in [0.4, 0.5) is 0 Å². The molecule has 0 aromatic heterocycles. The first-order valence-corrected chi connectivity index (χ1v) is 9.18. The number of benzene rings is 2. The van der Waals surface area contributed by atoms with Crippen LogP contribution in [0.3, 0.4) is 0 Å². The van der Waals surface area contributed by atoms with E-state index in [9.17, 15) is 14.4 Å². The van der Waals surface area contributed by atoms with Gasteiger partial charge < -0.3 is 15.4 Å². The van der Waals surface area contributed by atoms with Crippen LogP contribution >= 0.6 is 0 Å². The van der Waals surface area contributed by atoms with Gasteiger partial charge >= 0.3 is 5.97 Å². The second kappa shape index (κ2) is 10.3. The second-order valence-corrected chi connectivity index (χ2v) is 6.51. The molecule has 0 spiro atoms. The topological polar surface area (TPSA) is 84.5 Å². The Balaban J connectivity index is 1.75. The monoisotopic (exact) mass is 370 g/mol. The highest BCUT2D eigenvalue weighted by Crippen LogP contribution is 2.18. The predicted molar refractivity (Wildman–Crippen MR) is 104 cm³/mol. The smallest absolute Gasteiger partial charge is 0.325 e. The summed E-state index contributed by atoms with van der Waals surface area (Å²) in [4.78, 5) is 35.5. The lowest BCUT2D eigenvalue weighted by Crippen LogP contribution is -2.37. The van der Waals surface area contributed by atoms with Crippen LogP contribution in [-0.4, -0.2) is 37.0 Å². The maximum Gasteiger partial charge on any atom is 0.325 e. The number of hydrogen-bond acceptors (Lipinski definition) is 4. The lowest BCUT2D eigenvalue weighted by Gasteiger charge is -2.13. The van der Waals surface area contributed by atoms with E-state index in [1.807, 2.05) is 56.3 Å². The van der Waals surface area contributed by atoms with Gasteiger partial charge in [-0.05, 0) is 29.7 Å². The molecule has 2 rings (SSSR count). The van der Waals surface area contributed by atoms with Gasteiger partial charge in [-0.25, -0.2) is 0 Å². The average molecular weight is 370 g/mol. The quantitative estimate of drug-likeness (QED) is 0.664. The molecule has 144 valence electrons. The van der Waals surface area contributed by atoms with E-state index >= 15 is 0 Å². The van der Waals surface area contributed by atoms with Gasteiger partial charge in [0.25, 0.3) is 5.91 Å². The first-order valence-electron chi connectivity index (χ1n) is 9.18. The Kier molecular flexibility index (Phi) is 7.79. The van der Waals surface area contributed by atoms with Crippen molar-refractivity contribution in [1.82, 2.24) is 10.6 Å². The first-order chi connectivity index (χ1) is 13.0. The Bertz CT molecular complexity index is 798. The lowest BCUT2D eigenvalue weighted by atomic mass is 10.0. The van der Waals surface area contributed by atoms with Crippen molar-refractivity contribution in [3.05, 3.63) is 48.0 Å². The number of fused-ring (bicyclic) bond motifs is 1. The zero-order valence-electron chi connectivity index (χ0n) is 15.8. The first kappa shape index (κ1) is 20.4. The molecule has 0 saturated heterocycles. The van der Waals surface area contributed by atoms with Crippen LogP contribution in [0.25, 0.3) is 10.8 Å². The third kappa shape index (κ3) is 6.73. The number of carbonyl (C=O) groups excluding carboxylic acids is 3. The number of carbonyl (C=O) groups is 3. The Morgan fingerprint density at radius 1 is 1.04 bits per heavy atom. The van der Waals surface area contributed by atoms with E-state index in [1.54, 1.807) is 0 Å². The van der Waals surface area contributed by atoms with Crippen LogP contribution in [0.15, 0.2) is 42.5 Å². The largest absolute Gasteiger partial charge is 0.454 e. The molecule has 1 atom stereocenters. The summed E-state index contributed by atoms with van der Waals surface area (Å²) in [5.74, 6) is -1.25. The van der Waals surface area contributed by atoms with E-state index in [-0.39, 0.29) is 37.4 Å². The van der Waals surface area contributed by atoms with Crippen LogP contribution in [0.2, 0.25) is 0 Å². The van der Waals surface area contributed by atoms with Gasteiger partial charge in [-0.15, -0.1) is 0 Å². The zero-order valence-corrected chi connectivity index (χ0v) is 15.8. The highest BCUT2D eigenvalue weighted by molar-refractivity contribution is 5.91. The van der Waals surface area contributed by atoms with E-state index in [2.05, 4.69) is 10.6 Å². The van der Waals surface area contributed by atoms with Gasteiger partial charge in [-0.1, -0.05) is 55.8 Å². The van der Waals surface area contributed by atoms with Gasteiger partial charge in [0.05, 0.1) is 6.42 Å². The minimum Gasteiger partial charge on any atom is -0.454 e. The molecule has 2 N–H and O–H groups in total. The molecule has 0 aliphatic heterocycles. The van der Waals surface area contributed by atoms with Crippen LogP contribution in [0.1, 0.15) is 32.3 Å². The summed E-state index contributed by atoms with van der Waals surface area (Å²) in [6, 6.07) is 13.6. The van der Waals surface area contributed by atoms with Crippen LogP contribution in [0, 0.1) is 0 Å². The van der Waals surface area contributed by atoms with Crippen molar-refractivity contribution >= 4 is 28.6 Å². The molecular weight excluding hydrogens is 344 g/mol. The van der Waals surface area contributed by atoms with Gasteiger partial charge in [-0.2, -0.15) is 0 Å². The fourth-order valence-electron chi connectivity index (χ4n) is 2.87. The molecule has 6 heteroatoms. The SMILES string of the molecule is CCC[C@H](C)NC(=O)COC(=O)CNC(=O)Cc1cccc2ccccc12.